The Morgan fingerprint density at radius 1 is 1.20 bits per heavy atom. The third-order valence-corrected chi connectivity index (χ3v) is 2.47. The first-order valence-corrected chi connectivity index (χ1v) is 5.21. The summed E-state index contributed by atoms with van der Waals surface area (Å²) < 4.78 is 5.99. The molecule has 0 fully saturated rings. The highest BCUT2D eigenvalue weighted by atomic mass is 79.9. The zero-order chi connectivity index (χ0) is 10.7. The SMILES string of the molecule is COc1ncccc1-c1ccc(Br)nc1. The quantitative estimate of drug-likeness (QED) is 0.783. The molecule has 2 heterocycles. The molecule has 0 atom stereocenters. The van der Waals surface area contributed by atoms with Crippen molar-refractivity contribution in [1.82, 2.24) is 9.97 Å². The van der Waals surface area contributed by atoms with Crippen LogP contribution in [0.4, 0.5) is 0 Å². The van der Waals surface area contributed by atoms with Crippen LogP contribution >= 0.6 is 15.9 Å². The second-order valence-electron chi connectivity index (χ2n) is 2.93. The highest BCUT2D eigenvalue weighted by Crippen LogP contribution is 2.27. The summed E-state index contributed by atoms with van der Waals surface area (Å²) in [4.78, 5) is 8.30. The Morgan fingerprint density at radius 3 is 2.73 bits per heavy atom. The first-order valence-electron chi connectivity index (χ1n) is 4.42. The van der Waals surface area contributed by atoms with Crippen molar-refractivity contribution in [3.05, 3.63) is 41.3 Å². The van der Waals surface area contributed by atoms with Gasteiger partial charge in [-0.3, -0.25) is 0 Å². The van der Waals surface area contributed by atoms with E-state index in [1.165, 1.54) is 0 Å². The Morgan fingerprint density at radius 2 is 2.07 bits per heavy atom. The van der Waals surface area contributed by atoms with Gasteiger partial charge in [-0.05, 0) is 40.2 Å². The maximum absolute atomic E-state index is 5.18. The molecule has 2 aromatic heterocycles. The molecule has 0 N–H and O–H groups in total. The Hall–Kier alpha value is -1.42. The molecular weight excluding hydrogens is 256 g/mol. The van der Waals surface area contributed by atoms with Crippen molar-refractivity contribution in [1.29, 1.82) is 0 Å². The van der Waals surface area contributed by atoms with Gasteiger partial charge in [-0.15, -0.1) is 0 Å². The number of halogens is 1. The fourth-order valence-electron chi connectivity index (χ4n) is 1.31. The van der Waals surface area contributed by atoms with Gasteiger partial charge in [0.05, 0.1) is 7.11 Å². The van der Waals surface area contributed by atoms with Crippen LogP contribution in [0.15, 0.2) is 41.3 Å². The van der Waals surface area contributed by atoms with E-state index in [1.54, 1.807) is 19.5 Å². The van der Waals surface area contributed by atoms with Crippen molar-refractivity contribution in [2.45, 2.75) is 0 Å². The summed E-state index contributed by atoms with van der Waals surface area (Å²) in [6.07, 6.45) is 3.48. The molecule has 0 radical (unpaired) electrons. The minimum atomic E-state index is 0.613. The van der Waals surface area contributed by atoms with Gasteiger partial charge in [0.1, 0.15) is 4.60 Å². The molecule has 0 bridgehead atoms. The van der Waals surface area contributed by atoms with E-state index in [-0.39, 0.29) is 0 Å². The molecular formula is C11H9BrN2O. The topological polar surface area (TPSA) is 35.0 Å². The molecule has 3 nitrogen and oxygen atoms in total. The molecule has 4 heteroatoms. The van der Waals surface area contributed by atoms with Crippen LogP contribution in [0.3, 0.4) is 0 Å². The van der Waals surface area contributed by atoms with Gasteiger partial charge in [0.2, 0.25) is 5.88 Å². The van der Waals surface area contributed by atoms with E-state index in [9.17, 15) is 0 Å². The molecule has 0 unspecified atom stereocenters. The van der Waals surface area contributed by atoms with Crippen LogP contribution in [0.25, 0.3) is 11.1 Å². The molecule has 2 aromatic rings. The molecule has 15 heavy (non-hydrogen) atoms. The third-order valence-electron chi connectivity index (χ3n) is 2.00. The maximum Gasteiger partial charge on any atom is 0.221 e. The van der Waals surface area contributed by atoms with Gasteiger partial charge in [0.25, 0.3) is 0 Å². The molecule has 0 aromatic carbocycles. The molecule has 0 spiro atoms. The van der Waals surface area contributed by atoms with Crippen LogP contribution < -0.4 is 4.74 Å². The standard InChI is InChI=1S/C11H9BrN2O/c1-15-11-9(3-2-6-13-11)8-4-5-10(12)14-7-8/h2-7H,1H3. The van der Waals surface area contributed by atoms with E-state index >= 15 is 0 Å². The van der Waals surface area contributed by atoms with Gasteiger partial charge < -0.3 is 4.74 Å². The zero-order valence-electron chi connectivity index (χ0n) is 8.14. The molecule has 0 amide bonds. The van der Waals surface area contributed by atoms with E-state index in [2.05, 4.69) is 25.9 Å². The summed E-state index contributed by atoms with van der Waals surface area (Å²) in [5.74, 6) is 0.613. The van der Waals surface area contributed by atoms with Crippen LogP contribution in [0, 0.1) is 0 Å². The number of aromatic nitrogens is 2. The first-order chi connectivity index (χ1) is 7.31. The number of rotatable bonds is 2. The number of methoxy groups -OCH3 is 1. The van der Waals surface area contributed by atoms with Crippen molar-refractivity contribution < 1.29 is 4.74 Å². The Labute approximate surface area is 96.3 Å². The van der Waals surface area contributed by atoms with Gasteiger partial charge >= 0.3 is 0 Å². The number of hydrogen-bond donors (Lipinski definition) is 0. The van der Waals surface area contributed by atoms with E-state index in [0.717, 1.165) is 15.7 Å². The third kappa shape index (κ3) is 2.15. The van der Waals surface area contributed by atoms with Crippen molar-refractivity contribution in [3.63, 3.8) is 0 Å². The van der Waals surface area contributed by atoms with Crippen molar-refractivity contribution >= 4 is 15.9 Å². The summed E-state index contributed by atoms with van der Waals surface area (Å²) in [5.41, 5.74) is 1.93. The summed E-state index contributed by atoms with van der Waals surface area (Å²) in [6, 6.07) is 7.69. The molecule has 0 aliphatic heterocycles. The first kappa shape index (κ1) is 10.1. The van der Waals surface area contributed by atoms with E-state index in [0.29, 0.717) is 5.88 Å². The van der Waals surface area contributed by atoms with Gasteiger partial charge in [0, 0.05) is 23.5 Å². The van der Waals surface area contributed by atoms with E-state index in [1.807, 2.05) is 24.3 Å². The number of pyridine rings is 2. The number of hydrogen-bond acceptors (Lipinski definition) is 3. The molecule has 0 saturated heterocycles. The van der Waals surface area contributed by atoms with Crippen molar-refractivity contribution in [2.24, 2.45) is 0 Å². The zero-order valence-corrected chi connectivity index (χ0v) is 9.73. The highest BCUT2D eigenvalue weighted by Gasteiger charge is 2.05. The van der Waals surface area contributed by atoms with Gasteiger partial charge in [-0.1, -0.05) is 0 Å². The van der Waals surface area contributed by atoms with Gasteiger partial charge in [0.15, 0.2) is 0 Å². The van der Waals surface area contributed by atoms with Gasteiger partial charge in [-0.2, -0.15) is 0 Å². The average molecular weight is 265 g/mol. The van der Waals surface area contributed by atoms with E-state index < -0.39 is 0 Å². The van der Waals surface area contributed by atoms with Gasteiger partial charge in [-0.25, -0.2) is 9.97 Å². The van der Waals surface area contributed by atoms with Crippen LogP contribution in [-0.4, -0.2) is 17.1 Å². The lowest BCUT2D eigenvalue weighted by molar-refractivity contribution is 0.399. The second kappa shape index (κ2) is 4.40. The fraction of sp³-hybridized carbons (Fsp3) is 0.0909. The lowest BCUT2D eigenvalue weighted by Crippen LogP contribution is -1.91. The summed E-state index contributed by atoms with van der Waals surface area (Å²) in [6.45, 7) is 0. The normalized spacial score (nSPS) is 10.0. The summed E-state index contributed by atoms with van der Waals surface area (Å²) in [5, 5.41) is 0. The monoisotopic (exact) mass is 264 g/mol. The van der Waals surface area contributed by atoms with Crippen molar-refractivity contribution in [3.8, 4) is 17.0 Å². The minimum absolute atomic E-state index is 0.613. The summed E-state index contributed by atoms with van der Waals surface area (Å²) >= 11 is 3.30. The summed E-state index contributed by atoms with van der Waals surface area (Å²) in [7, 11) is 1.61. The second-order valence-corrected chi connectivity index (χ2v) is 3.74. The van der Waals surface area contributed by atoms with Crippen LogP contribution in [0.1, 0.15) is 0 Å². The molecule has 2 rings (SSSR count). The largest absolute Gasteiger partial charge is 0.481 e. The van der Waals surface area contributed by atoms with Crippen LogP contribution in [0.5, 0.6) is 5.88 Å². The number of nitrogens with zero attached hydrogens (tertiary/aromatic N) is 2. The number of ether oxygens (including phenoxy) is 1. The lowest BCUT2D eigenvalue weighted by atomic mass is 10.1. The van der Waals surface area contributed by atoms with Crippen LogP contribution in [0.2, 0.25) is 0 Å². The molecule has 0 aliphatic carbocycles. The average Bonchev–Trinajstić information content (AvgIpc) is 2.30. The lowest BCUT2D eigenvalue weighted by Gasteiger charge is -2.06. The Bertz CT molecular complexity index is 456. The predicted molar refractivity (Wildman–Crippen MR) is 61.7 cm³/mol. The van der Waals surface area contributed by atoms with Crippen molar-refractivity contribution in [2.75, 3.05) is 7.11 Å². The highest BCUT2D eigenvalue weighted by molar-refractivity contribution is 9.10. The van der Waals surface area contributed by atoms with E-state index in [4.69, 9.17) is 4.74 Å². The Balaban J connectivity index is 2.49. The van der Waals surface area contributed by atoms with Crippen LogP contribution in [-0.2, 0) is 0 Å². The molecule has 0 aliphatic rings. The maximum atomic E-state index is 5.18. The Kier molecular flexibility index (Phi) is 2.97. The minimum Gasteiger partial charge on any atom is -0.481 e. The smallest absolute Gasteiger partial charge is 0.221 e. The molecule has 76 valence electrons. The fourth-order valence-corrected chi connectivity index (χ4v) is 1.54. The predicted octanol–water partition coefficient (Wildman–Crippen LogP) is 2.91. The molecule has 0 saturated carbocycles.